The number of rotatable bonds is 5. The molecular formula is C16H28N2OS. The topological polar surface area (TPSA) is 34.1 Å². The monoisotopic (exact) mass is 296 g/mol. The van der Waals surface area contributed by atoms with Gasteiger partial charge in [-0.05, 0) is 38.1 Å². The van der Waals surface area contributed by atoms with Crippen LogP contribution in [0.2, 0.25) is 0 Å². The third kappa shape index (κ3) is 3.07. The zero-order chi connectivity index (χ0) is 14.8. The molecule has 1 fully saturated rings. The van der Waals surface area contributed by atoms with Crippen LogP contribution >= 0.6 is 11.3 Å². The Labute approximate surface area is 127 Å². The van der Waals surface area contributed by atoms with Crippen LogP contribution in [0.4, 0.5) is 0 Å². The second-order valence-electron chi connectivity index (χ2n) is 6.41. The molecule has 1 N–H and O–H groups in total. The van der Waals surface area contributed by atoms with Gasteiger partial charge in [-0.15, -0.1) is 11.3 Å². The normalized spacial score (nSPS) is 27.2. The van der Waals surface area contributed by atoms with E-state index in [4.69, 9.17) is 9.72 Å². The van der Waals surface area contributed by atoms with Crippen molar-refractivity contribution in [2.45, 2.75) is 64.5 Å². The van der Waals surface area contributed by atoms with Gasteiger partial charge in [0, 0.05) is 18.5 Å². The van der Waals surface area contributed by atoms with Crippen LogP contribution in [0, 0.1) is 5.92 Å². The first-order valence-electron chi connectivity index (χ1n) is 7.72. The number of aromatic nitrogens is 1. The van der Waals surface area contributed by atoms with E-state index < -0.39 is 0 Å². The summed E-state index contributed by atoms with van der Waals surface area (Å²) in [7, 11) is 3.85. The molecule has 1 aliphatic rings. The first-order chi connectivity index (χ1) is 9.52. The summed E-state index contributed by atoms with van der Waals surface area (Å²) < 4.78 is 5.99. The highest BCUT2D eigenvalue weighted by Gasteiger charge is 2.40. The van der Waals surface area contributed by atoms with Gasteiger partial charge in [0.25, 0.3) is 0 Å². The van der Waals surface area contributed by atoms with E-state index in [9.17, 15) is 0 Å². The fourth-order valence-electron chi connectivity index (χ4n) is 3.27. The predicted molar refractivity (Wildman–Crippen MR) is 85.3 cm³/mol. The first kappa shape index (κ1) is 15.9. The molecule has 114 valence electrons. The predicted octanol–water partition coefficient (Wildman–Crippen LogP) is 4.04. The molecule has 1 saturated carbocycles. The lowest BCUT2D eigenvalue weighted by Gasteiger charge is -2.37. The Bertz CT molecular complexity index is 444. The van der Waals surface area contributed by atoms with Crippen LogP contribution in [0.15, 0.2) is 0 Å². The summed E-state index contributed by atoms with van der Waals surface area (Å²) in [4.78, 5) is 6.35. The van der Waals surface area contributed by atoms with E-state index in [-0.39, 0.29) is 5.60 Å². The van der Waals surface area contributed by atoms with Crippen molar-refractivity contribution in [1.29, 1.82) is 0 Å². The Morgan fingerprint density at radius 3 is 2.80 bits per heavy atom. The third-order valence-corrected chi connectivity index (χ3v) is 5.60. The summed E-state index contributed by atoms with van der Waals surface area (Å²) >= 11 is 1.85. The first-order valence-corrected chi connectivity index (χ1v) is 8.54. The summed E-state index contributed by atoms with van der Waals surface area (Å²) in [6.07, 6.45) is 4.77. The van der Waals surface area contributed by atoms with E-state index in [1.54, 1.807) is 0 Å². The molecule has 1 aliphatic carbocycles. The van der Waals surface area contributed by atoms with E-state index in [0.717, 1.165) is 25.3 Å². The van der Waals surface area contributed by atoms with Crippen LogP contribution in [0.25, 0.3) is 0 Å². The Morgan fingerprint density at radius 2 is 2.25 bits per heavy atom. The minimum atomic E-state index is -0.141. The molecule has 0 spiro atoms. The Kier molecular flexibility index (Phi) is 5.21. The molecule has 0 saturated heterocycles. The van der Waals surface area contributed by atoms with Crippen LogP contribution in [0.3, 0.4) is 0 Å². The van der Waals surface area contributed by atoms with Crippen molar-refractivity contribution in [2.75, 3.05) is 14.2 Å². The SMILES string of the molecule is CNCc1sc(C2(OC)CCCC(C)C2)nc1C(C)C. The molecular weight excluding hydrogens is 268 g/mol. The Balaban J connectivity index is 2.36. The fourth-order valence-corrected chi connectivity index (χ4v) is 4.70. The van der Waals surface area contributed by atoms with E-state index in [1.165, 1.54) is 28.4 Å². The summed E-state index contributed by atoms with van der Waals surface area (Å²) in [5, 5.41) is 4.46. The van der Waals surface area contributed by atoms with Gasteiger partial charge in [0.2, 0.25) is 0 Å². The van der Waals surface area contributed by atoms with Crippen molar-refractivity contribution in [3.8, 4) is 0 Å². The molecule has 3 nitrogen and oxygen atoms in total. The highest BCUT2D eigenvalue weighted by atomic mass is 32.1. The highest BCUT2D eigenvalue weighted by molar-refractivity contribution is 7.11. The van der Waals surface area contributed by atoms with E-state index in [2.05, 4.69) is 26.1 Å². The molecule has 0 bridgehead atoms. The third-order valence-electron chi connectivity index (χ3n) is 4.35. The number of nitrogens with one attached hydrogen (secondary N) is 1. The van der Waals surface area contributed by atoms with Gasteiger partial charge >= 0.3 is 0 Å². The van der Waals surface area contributed by atoms with Gasteiger partial charge in [-0.1, -0.05) is 27.2 Å². The quantitative estimate of drug-likeness (QED) is 0.890. The lowest BCUT2D eigenvalue weighted by atomic mass is 9.79. The van der Waals surface area contributed by atoms with Crippen LogP contribution in [-0.2, 0) is 16.9 Å². The van der Waals surface area contributed by atoms with Gasteiger partial charge in [0.15, 0.2) is 0 Å². The Hall–Kier alpha value is -0.450. The van der Waals surface area contributed by atoms with E-state index in [0.29, 0.717) is 5.92 Å². The maximum atomic E-state index is 5.99. The van der Waals surface area contributed by atoms with Gasteiger partial charge in [-0.3, -0.25) is 0 Å². The maximum absolute atomic E-state index is 5.99. The summed E-state index contributed by atoms with van der Waals surface area (Å²) in [6, 6.07) is 0. The molecule has 1 aromatic heterocycles. The van der Waals surface area contributed by atoms with E-state index >= 15 is 0 Å². The zero-order valence-electron chi connectivity index (χ0n) is 13.5. The van der Waals surface area contributed by atoms with E-state index in [1.807, 2.05) is 25.5 Å². The molecule has 0 amide bonds. The van der Waals surface area contributed by atoms with Crippen molar-refractivity contribution in [3.05, 3.63) is 15.6 Å². The van der Waals surface area contributed by atoms with Crippen LogP contribution < -0.4 is 5.32 Å². The maximum Gasteiger partial charge on any atom is 0.125 e. The molecule has 0 aliphatic heterocycles. The minimum Gasteiger partial charge on any atom is -0.371 e. The number of methoxy groups -OCH3 is 1. The molecule has 0 radical (unpaired) electrons. The molecule has 1 aromatic rings. The summed E-state index contributed by atoms with van der Waals surface area (Å²) in [5.74, 6) is 1.20. The summed E-state index contributed by atoms with van der Waals surface area (Å²) in [5.41, 5.74) is 1.10. The fraction of sp³-hybridized carbons (Fsp3) is 0.812. The average molecular weight is 296 g/mol. The zero-order valence-corrected chi connectivity index (χ0v) is 14.3. The number of ether oxygens (including phenoxy) is 1. The van der Waals surface area contributed by atoms with Gasteiger partial charge < -0.3 is 10.1 Å². The molecule has 2 atom stereocenters. The van der Waals surface area contributed by atoms with Crippen molar-refractivity contribution in [3.63, 3.8) is 0 Å². The van der Waals surface area contributed by atoms with Crippen molar-refractivity contribution >= 4 is 11.3 Å². The number of hydrogen-bond donors (Lipinski definition) is 1. The van der Waals surface area contributed by atoms with Crippen LogP contribution in [0.1, 0.15) is 68.0 Å². The van der Waals surface area contributed by atoms with Crippen molar-refractivity contribution in [1.82, 2.24) is 10.3 Å². The molecule has 2 rings (SSSR count). The Morgan fingerprint density at radius 1 is 1.50 bits per heavy atom. The van der Waals surface area contributed by atoms with Crippen molar-refractivity contribution < 1.29 is 4.74 Å². The molecule has 20 heavy (non-hydrogen) atoms. The van der Waals surface area contributed by atoms with Gasteiger partial charge in [-0.2, -0.15) is 0 Å². The largest absolute Gasteiger partial charge is 0.371 e. The van der Waals surface area contributed by atoms with Crippen molar-refractivity contribution in [2.24, 2.45) is 5.92 Å². The standard InChI is InChI=1S/C16H28N2OS/c1-11(2)14-13(10-17-4)20-15(18-14)16(19-5)8-6-7-12(3)9-16/h11-12,17H,6-10H2,1-5H3. The average Bonchev–Trinajstić information content (AvgIpc) is 2.84. The lowest BCUT2D eigenvalue weighted by Crippen LogP contribution is -2.34. The highest BCUT2D eigenvalue weighted by Crippen LogP contribution is 2.45. The molecule has 0 aromatic carbocycles. The number of thiazole rings is 1. The lowest BCUT2D eigenvalue weighted by molar-refractivity contribution is -0.0581. The van der Waals surface area contributed by atoms with Crippen LogP contribution in [0.5, 0.6) is 0 Å². The number of hydrogen-bond acceptors (Lipinski definition) is 4. The minimum absolute atomic E-state index is 0.141. The van der Waals surface area contributed by atoms with Crippen LogP contribution in [-0.4, -0.2) is 19.1 Å². The van der Waals surface area contributed by atoms with Gasteiger partial charge in [-0.25, -0.2) is 4.98 Å². The second kappa shape index (κ2) is 6.54. The smallest absolute Gasteiger partial charge is 0.125 e. The molecule has 1 heterocycles. The summed E-state index contributed by atoms with van der Waals surface area (Å²) in [6.45, 7) is 7.68. The molecule has 2 unspecified atom stereocenters. The van der Waals surface area contributed by atoms with Gasteiger partial charge in [0.05, 0.1) is 5.69 Å². The van der Waals surface area contributed by atoms with Gasteiger partial charge in [0.1, 0.15) is 10.6 Å². The molecule has 4 heteroatoms. The second-order valence-corrected chi connectivity index (χ2v) is 7.50. The number of nitrogens with zero attached hydrogens (tertiary/aromatic N) is 1.